The largest absolute Gasteiger partial charge is 0.460 e. The van der Waals surface area contributed by atoms with Gasteiger partial charge in [-0.3, -0.25) is 24.0 Å². The van der Waals surface area contributed by atoms with E-state index in [-0.39, 0.29) is 43.6 Å². The van der Waals surface area contributed by atoms with Gasteiger partial charge in [-0.05, 0) is 43.1 Å². The van der Waals surface area contributed by atoms with Crippen LogP contribution in [0.2, 0.25) is 0 Å². The minimum atomic E-state index is -1.11. The molecule has 0 spiro atoms. The lowest BCUT2D eigenvalue weighted by Gasteiger charge is -2.28. The van der Waals surface area contributed by atoms with Crippen molar-refractivity contribution in [3.8, 4) is 0 Å². The minimum absolute atomic E-state index is 0.0155. The molecule has 1 aromatic rings. The molecule has 1 heterocycles. The molecule has 0 bridgehead atoms. The number of esters is 1. The van der Waals surface area contributed by atoms with Gasteiger partial charge in [-0.25, -0.2) is 4.79 Å². The third kappa shape index (κ3) is 12.8. The van der Waals surface area contributed by atoms with Crippen LogP contribution in [0.5, 0.6) is 0 Å². The Labute approximate surface area is 272 Å². The number of rotatable bonds is 9. The van der Waals surface area contributed by atoms with Crippen LogP contribution in [0.1, 0.15) is 86.1 Å². The molecule has 12 nitrogen and oxygen atoms in total. The van der Waals surface area contributed by atoms with Crippen LogP contribution < -0.4 is 26.6 Å². The fourth-order valence-electron chi connectivity index (χ4n) is 5.18. The molecular formula is C34H53N5O7. The van der Waals surface area contributed by atoms with Crippen LogP contribution in [0.4, 0.5) is 0 Å². The van der Waals surface area contributed by atoms with Crippen molar-refractivity contribution in [2.24, 2.45) is 17.8 Å². The molecule has 1 unspecified atom stereocenters. The Bertz CT molecular complexity index is 1190. The summed E-state index contributed by atoms with van der Waals surface area (Å²) in [6.45, 7) is 12.3. The van der Waals surface area contributed by atoms with E-state index in [1.807, 2.05) is 58.0 Å². The molecule has 0 radical (unpaired) electrons. The van der Waals surface area contributed by atoms with Crippen LogP contribution in [0, 0.1) is 17.8 Å². The molecule has 46 heavy (non-hydrogen) atoms. The third-order valence-electron chi connectivity index (χ3n) is 7.99. The molecule has 2 rings (SSSR count). The van der Waals surface area contributed by atoms with Crippen LogP contribution in [0.3, 0.4) is 0 Å². The molecular weight excluding hydrogens is 590 g/mol. The first-order valence-electron chi connectivity index (χ1n) is 16.4. The van der Waals surface area contributed by atoms with Crippen LogP contribution >= 0.6 is 0 Å². The first-order chi connectivity index (χ1) is 21.7. The Hall–Kier alpha value is -3.96. The molecule has 5 N–H and O–H groups in total. The summed E-state index contributed by atoms with van der Waals surface area (Å²) in [4.78, 5) is 79.6. The van der Waals surface area contributed by atoms with E-state index < -0.39 is 65.8 Å². The van der Waals surface area contributed by atoms with Gasteiger partial charge in [-0.2, -0.15) is 0 Å². The summed E-state index contributed by atoms with van der Waals surface area (Å²) >= 11 is 0. The second kappa shape index (κ2) is 18.9. The average molecular weight is 644 g/mol. The quantitative estimate of drug-likeness (QED) is 0.257. The van der Waals surface area contributed by atoms with E-state index in [9.17, 15) is 28.8 Å². The molecule has 1 aliphatic rings. The predicted octanol–water partition coefficient (Wildman–Crippen LogP) is 2.15. The smallest absolute Gasteiger partial charge is 0.329 e. The number of carbonyl (C=O) groups excluding carboxylic acids is 6. The number of nitrogens with one attached hydrogen (secondary N) is 5. The van der Waals surface area contributed by atoms with E-state index in [4.69, 9.17) is 4.74 Å². The van der Waals surface area contributed by atoms with E-state index in [1.165, 1.54) is 6.92 Å². The van der Waals surface area contributed by atoms with Crippen molar-refractivity contribution in [3.63, 3.8) is 0 Å². The topological polar surface area (TPSA) is 172 Å². The maximum atomic E-state index is 13.7. The molecule has 1 aliphatic heterocycles. The highest BCUT2D eigenvalue weighted by molar-refractivity contribution is 5.95. The minimum Gasteiger partial charge on any atom is -0.460 e. The molecule has 6 atom stereocenters. The molecule has 5 amide bonds. The maximum Gasteiger partial charge on any atom is 0.329 e. The van der Waals surface area contributed by atoms with Crippen molar-refractivity contribution in [2.45, 2.75) is 117 Å². The Balaban J connectivity index is 2.47. The Morgan fingerprint density at radius 3 is 2.07 bits per heavy atom. The van der Waals surface area contributed by atoms with Gasteiger partial charge in [0.25, 0.3) is 0 Å². The fraction of sp³-hybridized carbons (Fsp3) is 0.647. The molecule has 0 aromatic heterocycles. The monoisotopic (exact) mass is 643 g/mol. The molecule has 1 saturated heterocycles. The van der Waals surface area contributed by atoms with Gasteiger partial charge in [0.05, 0.1) is 13.0 Å². The Kier molecular flexibility index (Phi) is 15.7. The summed E-state index contributed by atoms with van der Waals surface area (Å²) in [7, 11) is 0. The molecule has 0 saturated carbocycles. The van der Waals surface area contributed by atoms with Crippen molar-refractivity contribution in [1.29, 1.82) is 0 Å². The number of hydrogen-bond donors (Lipinski definition) is 5. The number of ether oxygens (including phenoxy) is 1. The van der Waals surface area contributed by atoms with E-state index in [1.54, 1.807) is 13.8 Å². The predicted molar refractivity (Wildman–Crippen MR) is 174 cm³/mol. The third-order valence-corrected chi connectivity index (χ3v) is 7.99. The van der Waals surface area contributed by atoms with E-state index in [2.05, 4.69) is 26.6 Å². The number of amides is 5. The highest BCUT2D eigenvalue weighted by Gasteiger charge is 2.34. The standard InChI is InChI=1S/C34H53N5O7/c1-8-9-13-22(6)27-18-28(40)35-19-29(41)39-30(21(4)5)33(44)37-25(16-20(2)3)32(43)36-23(7)31(42)38-26(34(45)46-27)17-24-14-11-10-12-15-24/h10-12,14-15,20-23,25-27,30H,8-9,13,16-19H2,1-7H3,(H,35,40)(H,36,43)(H,37,44)(H,38,42)(H,39,41)/t22?,23-,25+,26-,27-,30-/m0/s1. The van der Waals surface area contributed by atoms with Crippen molar-refractivity contribution >= 4 is 35.5 Å². The Morgan fingerprint density at radius 2 is 1.46 bits per heavy atom. The Morgan fingerprint density at radius 1 is 0.804 bits per heavy atom. The van der Waals surface area contributed by atoms with Gasteiger partial charge in [-0.15, -0.1) is 0 Å². The number of unbranched alkanes of at least 4 members (excludes halogenated alkanes) is 1. The van der Waals surface area contributed by atoms with Gasteiger partial charge < -0.3 is 31.3 Å². The van der Waals surface area contributed by atoms with Crippen LogP contribution in [-0.4, -0.2) is 72.3 Å². The normalized spacial score (nSPS) is 25.2. The SMILES string of the molecule is CCCCC(C)[C@@H]1CC(=O)NCC(=O)N[C@@H](C(C)C)C(=O)N[C@H](CC(C)C)C(=O)N[C@@H](C)C(=O)N[C@@H](Cc2ccccc2)C(=O)O1. The molecule has 1 fully saturated rings. The lowest BCUT2D eigenvalue weighted by molar-refractivity contribution is -0.157. The van der Waals surface area contributed by atoms with Gasteiger partial charge in [-0.1, -0.05) is 84.7 Å². The second-order valence-electron chi connectivity index (χ2n) is 13.0. The lowest BCUT2D eigenvalue weighted by atomic mass is 9.95. The molecule has 256 valence electrons. The first-order valence-corrected chi connectivity index (χ1v) is 16.4. The van der Waals surface area contributed by atoms with E-state index in [0.717, 1.165) is 18.4 Å². The summed E-state index contributed by atoms with van der Waals surface area (Å²) in [5.74, 6) is -4.03. The fourth-order valence-corrected chi connectivity index (χ4v) is 5.18. The summed E-state index contributed by atoms with van der Waals surface area (Å²) in [5, 5.41) is 13.4. The summed E-state index contributed by atoms with van der Waals surface area (Å²) in [5.41, 5.74) is 0.776. The van der Waals surface area contributed by atoms with Crippen LogP contribution in [0.25, 0.3) is 0 Å². The van der Waals surface area contributed by atoms with Gasteiger partial charge in [0.2, 0.25) is 29.5 Å². The number of carbonyl (C=O) groups is 6. The van der Waals surface area contributed by atoms with E-state index >= 15 is 0 Å². The lowest BCUT2D eigenvalue weighted by Crippen LogP contribution is -2.58. The summed E-state index contributed by atoms with van der Waals surface area (Å²) < 4.78 is 5.93. The van der Waals surface area contributed by atoms with Gasteiger partial charge in [0.1, 0.15) is 30.3 Å². The van der Waals surface area contributed by atoms with Gasteiger partial charge in [0, 0.05) is 6.42 Å². The number of hydrogen-bond acceptors (Lipinski definition) is 7. The average Bonchev–Trinajstić information content (AvgIpc) is 2.99. The van der Waals surface area contributed by atoms with Gasteiger partial charge >= 0.3 is 5.97 Å². The summed E-state index contributed by atoms with van der Waals surface area (Å²) in [6, 6.07) is 4.99. The first kappa shape index (κ1) is 38.2. The second-order valence-corrected chi connectivity index (χ2v) is 13.0. The zero-order valence-corrected chi connectivity index (χ0v) is 28.3. The van der Waals surface area contributed by atoms with Crippen LogP contribution in [-0.2, 0) is 39.9 Å². The van der Waals surface area contributed by atoms with Crippen molar-refractivity contribution in [2.75, 3.05) is 6.54 Å². The zero-order valence-electron chi connectivity index (χ0n) is 28.3. The van der Waals surface area contributed by atoms with E-state index in [0.29, 0.717) is 6.42 Å². The highest BCUT2D eigenvalue weighted by Crippen LogP contribution is 2.20. The van der Waals surface area contributed by atoms with Gasteiger partial charge in [0.15, 0.2) is 0 Å². The number of cyclic esters (lactones) is 1. The molecule has 0 aliphatic carbocycles. The highest BCUT2D eigenvalue weighted by atomic mass is 16.5. The number of benzene rings is 1. The molecule has 12 heteroatoms. The van der Waals surface area contributed by atoms with Crippen molar-refractivity contribution in [1.82, 2.24) is 26.6 Å². The molecule has 1 aromatic carbocycles. The van der Waals surface area contributed by atoms with Crippen molar-refractivity contribution < 1.29 is 33.5 Å². The van der Waals surface area contributed by atoms with Crippen LogP contribution in [0.15, 0.2) is 30.3 Å². The zero-order chi connectivity index (χ0) is 34.4. The summed E-state index contributed by atoms with van der Waals surface area (Å²) in [6.07, 6.45) is 1.87. The maximum absolute atomic E-state index is 13.7. The van der Waals surface area contributed by atoms with Crippen molar-refractivity contribution in [3.05, 3.63) is 35.9 Å².